The third kappa shape index (κ3) is 3.40. The van der Waals surface area contributed by atoms with Gasteiger partial charge in [0.25, 0.3) is 5.91 Å². The maximum Gasteiger partial charge on any atom is 0.316 e. The van der Waals surface area contributed by atoms with Gasteiger partial charge in [-0.3, -0.25) is 4.79 Å². The molecule has 138 valence electrons. The SMILES string of the molecule is NC(=O)Nc1cn(-c2ccc(S(=O)(=O)C3CCCC3)cc2)nc1C(N)=O. The molecule has 0 radical (unpaired) electrons. The summed E-state index contributed by atoms with van der Waals surface area (Å²) in [5.74, 6) is -0.826. The molecule has 3 amide bonds. The van der Waals surface area contributed by atoms with Crippen LogP contribution in [0.2, 0.25) is 0 Å². The van der Waals surface area contributed by atoms with Gasteiger partial charge in [-0.15, -0.1) is 0 Å². The molecule has 1 aliphatic rings. The summed E-state index contributed by atoms with van der Waals surface area (Å²) in [7, 11) is -3.35. The van der Waals surface area contributed by atoms with Gasteiger partial charge in [0.2, 0.25) is 0 Å². The Kier molecular flexibility index (Phi) is 4.68. The van der Waals surface area contributed by atoms with Crippen LogP contribution >= 0.6 is 0 Å². The third-order valence-electron chi connectivity index (χ3n) is 4.38. The molecule has 9 nitrogen and oxygen atoms in total. The van der Waals surface area contributed by atoms with Gasteiger partial charge in [-0.2, -0.15) is 5.10 Å². The second-order valence-electron chi connectivity index (χ2n) is 6.13. The van der Waals surface area contributed by atoms with Gasteiger partial charge in [0.05, 0.1) is 27.7 Å². The molecule has 0 unspecified atom stereocenters. The van der Waals surface area contributed by atoms with Gasteiger partial charge in [-0.25, -0.2) is 17.9 Å². The Labute approximate surface area is 150 Å². The molecule has 1 fully saturated rings. The van der Waals surface area contributed by atoms with Crippen molar-refractivity contribution in [3.63, 3.8) is 0 Å². The van der Waals surface area contributed by atoms with E-state index in [0.29, 0.717) is 18.5 Å². The quantitative estimate of drug-likeness (QED) is 0.715. The molecule has 0 aliphatic heterocycles. The summed E-state index contributed by atoms with van der Waals surface area (Å²) >= 11 is 0. The zero-order chi connectivity index (χ0) is 18.9. The number of anilines is 1. The standard InChI is InChI=1S/C16H19N5O4S/c17-15(22)14-13(19-16(18)23)9-21(20-14)10-5-7-12(8-6-10)26(24,25)11-3-1-2-4-11/h5-9,11H,1-4H2,(H2,17,22)(H3,18,19,23). The van der Waals surface area contributed by atoms with Crippen molar-refractivity contribution in [1.82, 2.24) is 9.78 Å². The maximum absolute atomic E-state index is 12.6. The number of primary amides is 2. The van der Waals surface area contributed by atoms with Crippen molar-refractivity contribution in [3.8, 4) is 5.69 Å². The molecule has 5 N–H and O–H groups in total. The molecule has 26 heavy (non-hydrogen) atoms. The number of urea groups is 1. The molecule has 1 aromatic carbocycles. The summed E-state index contributed by atoms with van der Waals surface area (Å²) in [6.45, 7) is 0. The summed E-state index contributed by atoms with van der Waals surface area (Å²) in [6, 6.07) is 5.32. The van der Waals surface area contributed by atoms with E-state index in [9.17, 15) is 18.0 Å². The Morgan fingerprint density at radius 3 is 2.27 bits per heavy atom. The van der Waals surface area contributed by atoms with Crippen molar-refractivity contribution in [2.75, 3.05) is 5.32 Å². The first-order valence-corrected chi connectivity index (χ1v) is 9.64. The molecule has 1 aromatic heterocycles. The number of hydrogen-bond acceptors (Lipinski definition) is 5. The average Bonchev–Trinajstić information content (AvgIpc) is 3.24. The molecule has 0 spiro atoms. The van der Waals surface area contributed by atoms with Crippen LogP contribution in [0.4, 0.5) is 10.5 Å². The zero-order valence-corrected chi connectivity index (χ0v) is 14.7. The molecule has 2 aromatic rings. The lowest BCUT2D eigenvalue weighted by atomic mass is 10.3. The first-order chi connectivity index (χ1) is 12.3. The number of sulfone groups is 1. The predicted octanol–water partition coefficient (Wildman–Crippen LogP) is 1.18. The van der Waals surface area contributed by atoms with Gasteiger partial charge < -0.3 is 16.8 Å². The Bertz CT molecular complexity index is 944. The lowest BCUT2D eigenvalue weighted by molar-refractivity contribution is 0.0996. The molecule has 1 saturated carbocycles. The van der Waals surface area contributed by atoms with Gasteiger partial charge in [0.1, 0.15) is 0 Å². The molecule has 1 heterocycles. The zero-order valence-electron chi connectivity index (χ0n) is 13.9. The Morgan fingerprint density at radius 2 is 1.73 bits per heavy atom. The summed E-state index contributed by atoms with van der Waals surface area (Å²) < 4.78 is 26.5. The topological polar surface area (TPSA) is 150 Å². The fraction of sp³-hybridized carbons (Fsp3) is 0.312. The Hall–Kier alpha value is -2.88. The molecule has 3 rings (SSSR count). The predicted molar refractivity (Wildman–Crippen MR) is 94.7 cm³/mol. The fourth-order valence-electron chi connectivity index (χ4n) is 3.09. The van der Waals surface area contributed by atoms with Gasteiger partial charge in [0, 0.05) is 0 Å². The van der Waals surface area contributed by atoms with Gasteiger partial charge >= 0.3 is 6.03 Å². The number of nitrogens with zero attached hydrogens (tertiary/aromatic N) is 2. The van der Waals surface area contributed by atoms with Crippen LogP contribution in [0.3, 0.4) is 0 Å². The van der Waals surface area contributed by atoms with Crippen molar-refractivity contribution >= 4 is 27.5 Å². The molecule has 0 atom stereocenters. The van der Waals surface area contributed by atoms with Crippen LogP contribution in [0, 0.1) is 0 Å². The summed E-state index contributed by atoms with van der Waals surface area (Å²) in [5, 5.41) is 5.97. The highest BCUT2D eigenvalue weighted by Crippen LogP contribution is 2.30. The average molecular weight is 377 g/mol. The molecular formula is C16H19N5O4S. The van der Waals surface area contributed by atoms with Crippen LogP contribution in [-0.4, -0.2) is 35.4 Å². The molecule has 10 heteroatoms. The minimum absolute atomic E-state index is 0.0765. The van der Waals surface area contributed by atoms with E-state index < -0.39 is 21.8 Å². The minimum atomic E-state index is -3.35. The van der Waals surface area contributed by atoms with E-state index in [1.165, 1.54) is 23.0 Å². The molecular weight excluding hydrogens is 358 g/mol. The minimum Gasteiger partial charge on any atom is -0.364 e. The molecule has 0 saturated heterocycles. The van der Waals surface area contributed by atoms with Crippen molar-refractivity contribution in [3.05, 3.63) is 36.2 Å². The van der Waals surface area contributed by atoms with E-state index in [0.717, 1.165) is 12.8 Å². The van der Waals surface area contributed by atoms with Crippen molar-refractivity contribution in [1.29, 1.82) is 0 Å². The van der Waals surface area contributed by atoms with Crippen LogP contribution < -0.4 is 16.8 Å². The first kappa shape index (κ1) is 17.9. The van der Waals surface area contributed by atoms with Crippen LogP contribution in [0.1, 0.15) is 36.2 Å². The van der Waals surface area contributed by atoms with Gasteiger partial charge in [-0.1, -0.05) is 12.8 Å². The number of nitrogens with one attached hydrogen (secondary N) is 1. The smallest absolute Gasteiger partial charge is 0.316 e. The van der Waals surface area contributed by atoms with Crippen molar-refractivity contribution < 1.29 is 18.0 Å². The highest BCUT2D eigenvalue weighted by Gasteiger charge is 2.30. The monoisotopic (exact) mass is 377 g/mol. The summed E-state index contributed by atoms with van der Waals surface area (Å²) in [6.07, 6.45) is 4.62. The van der Waals surface area contributed by atoms with Crippen molar-refractivity contribution in [2.24, 2.45) is 11.5 Å². The Balaban J connectivity index is 1.91. The normalized spacial score (nSPS) is 15.1. The summed E-state index contributed by atoms with van der Waals surface area (Å²) in [4.78, 5) is 22.7. The fourth-order valence-corrected chi connectivity index (χ4v) is 4.95. The number of benzene rings is 1. The van der Waals surface area contributed by atoms with E-state index in [-0.39, 0.29) is 21.5 Å². The van der Waals surface area contributed by atoms with E-state index in [2.05, 4.69) is 10.4 Å². The number of rotatable bonds is 5. The van der Waals surface area contributed by atoms with E-state index in [4.69, 9.17) is 11.5 Å². The third-order valence-corrected chi connectivity index (χ3v) is 6.65. The highest BCUT2D eigenvalue weighted by molar-refractivity contribution is 7.92. The second kappa shape index (κ2) is 6.79. The van der Waals surface area contributed by atoms with Crippen LogP contribution in [0.25, 0.3) is 5.69 Å². The summed E-state index contributed by atoms with van der Waals surface area (Å²) in [5.41, 5.74) is 10.7. The molecule has 1 aliphatic carbocycles. The lowest BCUT2D eigenvalue weighted by Gasteiger charge is -2.11. The van der Waals surface area contributed by atoms with Gasteiger partial charge in [-0.05, 0) is 37.1 Å². The number of hydrogen-bond donors (Lipinski definition) is 3. The van der Waals surface area contributed by atoms with E-state index >= 15 is 0 Å². The van der Waals surface area contributed by atoms with E-state index in [1.54, 1.807) is 12.1 Å². The van der Waals surface area contributed by atoms with Gasteiger partial charge in [0.15, 0.2) is 15.5 Å². The number of carbonyl (C=O) groups excluding carboxylic acids is 2. The van der Waals surface area contributed by atoms with Crippen LogP contribution in [0.5, 0.6) is 0 Å². The highest BCUT2D eigenvalue weighted by atomic mass is 32.2. The van der Waals surface area contributed by atoms with Crippen LogP contribution in [0.15, 0.2) is 35.4 Å². The molecule has 0 bridgehead atoms. The Morgan fingerprint density at radius 1 is 1.12 bits per heavy atom. The largest absolute Gasteiger partial charge is 0.364 e. The van der Waals surface area contributed by atoms with Crippen LogP contribution in [-0.2, 0) is 9.84 Å². The van der Waals surface area contributed by atoms with Crippen molar-refractivity contribution in [2.45, 2.75) is 35.8 Å². The number of amides is 3. The lowest BCUT2D eigenvalue weighted by Crippen LogP contribution is -2.22. The second-order valence-corrected chi connectivity index (χ2v) is 8.36. The maximum atomic E-state index is 12.6. The van der Waals surface area contributed by atoms with E-state index in [1.807, 2.05) is 0 Å². The number of carbonyl (C=O) groups is 2. The number of nitrogens with two attached hydrogens (primary N) is 2. The number of aromatic nitrogens is 2. The first-order valence-electron chi connectivity index (χ1n) is 8.09.